The van der Waals surface area contributed by atoms with E-state index in [-0.39, 0.29) is 17.4 Å². The minimum atomic E-state index is -0.906. The van der Waals surface area contributed by atoms with Crippen molar-refractivity contribution in [3.05, 3.63) is 28.2 Å². The van der Waals surface area contributed by atoms with E-state index in [0.717, 1.165) is 15.7 Å². The molecule has 2 atom stereocenters. The number of hydrogen-bond donors (Lipinski definition) is 2. The number of hydrogen-bond acceptors (Lipinski definition) is 3. The quantitative estimate of drug-likeness (QED) is 0.872. The molecule has 1 saturated carbocycles. The Kier molecular flexibility index (Phi) is 4.47. The van der Waals surface area contributed by atoms with Gasteiger partial charge in [-0.25, -0.2) is 0 Å². The average Bonchev–Trinajstić information content (AvgIpc) is 2.41. The lowest BCUT2D eigenvalue weighted by atomic mass is 9.54. The second-order valence-corrected chi connectivity index (χ2v) is 7.13. The number of ether oxygens (including phenoxy) is 1. The number of anilines is 1. The third-order valence-electron chi connectivity index (χ3n) is 4.61. The predicted molar refractivity (Wildman–Crippen MR) is 88.2 cm³/mol. The van der Waals surface area contributed by atoms with Crippen LogP contribution in [0.3, 0.4) is 0 Å². The largest absolute Gasteiger partial charge is 0.378 e. The number of amides is 1. The Labute approximate surface area is 134 Å². The third kappa shape index (κ3) is 2.74. The van der Waals surface area contributed by atoms with Gasteiger partial charge in [-0.3, -0.25) is 4.79 Å². The monoisotopic (exact) mass is 354 g/mol. The van der Waals surface area contributed by atoms with Crippen LogP contribution >= 0.6 is 15.9 Å². The van der Waals surface area contributed by atoms with Gasteiger partial charge in [0.05, 0.1) is 11.8 Å². The Bertz CT molecular complexity index is 559. The molecule has 0 aromatic heterocycles. The van der Waals surface area contributed by atoms with Crippen molar-refractivity contribution in [3.8, 4) is 0 Å². The maximum absolute atomic E-state index is 12.6. The van der Waals surface area contributed by atoms with Crippen molar-refractivity contribution in [3.63, 3.8) is 0 Å². The molecule has 0 heterocycles. The maximum Gasteiger partial charge on any atom is 0.245 e. The molecule has 2 rings (SSSR count). The summed E-state index contributed by atoms with van der Waals surface area (Å²) < 4.78 is 6.52. The number of nitrogens with one attached hydrogen (secondary N) is 1. The molecule has 4 nitrogen and oxygen atoms in total. The van der Waals surface area contributed by atoms with E-state index in [0.29, 0.717) is 13.0 Å². The Morgan fingerprint density at radius 3 is 2.71 bits per heavy atom. The molecule has 116 valence electrons. The number of rotatable bonds is 4. The molecule has 1 amide bonds. The molecule has 3 N–H and O–H groups in total. The third-order valence-corrected chi connectivity index (χ3v) is 5.26. The molecular weight excluding hydrogens is 332 g/mol. The van der Waals surface area contributed by atoms with Crippen molar-refractivity contribution in [2.45, 2.75) is 45.8 Å². The zero-order valence-electron chi connectivity index (χ0n) is 13.0. The molecule has 0 aliphatic heterocycles. The summed E-state index contributed by atoms with van der Waals surface area (Å²) >= 11 is 3.47. The van der Waals surface area contributed by atoms with Gasteiger partial charge < -0.3 is 15.8 Å². The van der Waals surface area contributed by atoms with Gasteiger partial charge in [-0.1, -0.05) is 19.9 Å². The molecule has 1 aromatic carbocycles. The number of nitrogens with two attached hydrogens (primary N) is 1. The smallest absolute Gasteiger partial charge is 0.245 e. The van der Waals surface area contributed by atoms with Gasteiger partial charge in [0.2, 0.25) is 5.91 Å². The number of benzene rings is 1. The van der Waals surface area contributed by atoms with E-state index < -0.39 is 5.54 Å². The van der Waals surface area contributed by atoms with Crippen LogP contribution < -0.4 is 11.1 Å². The Morgan fingerprint density at radius 2 is 2.19 bits per heavy atom. The highest BCUT2D eigenvalue weighted by atomic mass is 79.9. The van der Waals surface area contributed by atoms with Crippen molar-refractivity contribution < 1.29 is 9.53 Å². The Balaban J connectivity index is 2.14. The molecule has 1 fully saturated rings. The minimum absolute atomic E-state index is 0.0275. The highest BCUT2D eigenvalue weighted by molar-refractivity contribution is 9.10. The van der Waals surface area contributed by atoms with E-state index in [2.05, 4.69) is 21.2 Å². The summed E-state index contributed by atoms with van der Waals surface area (Å²) in [5.74, 6) is -0.159. The zero-order chi connectivity index (χ0) is 15.8. The lowest BCUT2D eigenvalue weighted by molar-refractivity contribution is -0.166. The standard InChI is InChI=1S/C16H23BrN2O2/c1-5-21-13-9-16(18,15(13,3)4)14(20)19-12-7-6-10(2)8-11(12)17/h6-8,13H,5,9,18H2,1-4H3,(H,19,20). The summed E-state index contributed by atoms with van der Waals surface area (Å²) in [5.41, 5.74) is 6.94. The first-order valence-corrected chi connectivity index (χ1v) is 7.99. The van der Waals surface area contributed by atoms with Crippen LogP contribution in [-0.2, 0) is 9.53 Å². The lowest BCUT2D eigenvalue weighted by Crippen LogP contribution is -2.74. The molecule has 5 heteroatoms. The Morgan fingerprint density at radius 1 is 1.52 bits per heavy atom. The van der Waals surface area contributed by atoms with Crippen molar-refractivity contribution in [2.75, 3.05) is 11.9 Å². The number of halogens is 1. The van der Waals surface area contributed by atoms with E-state index in [9.17, 15) is 4.79 Å². The van der Waals surface area contributed by atoms with Gasteiger partial charge in [0.15, 0.2) is 0 Å². The summed E-state index contributed by atoms with van der Waals surface area (Å²) in [6.45, 7) is 8.56. The lowest BCUT2D eigenvalue weighted by Gasteiger charge is -2.57. The van der Waals surface area contributed by atoms with Crippen LogP contribution in [0.25, 0.3) is 0 Å². The van der Waals surface area contributed by atoms with E-state index in [4.69, 9.17) is 10.5 Å². The second-order valence-electron chi connectivity index (χ2n) is 6.28. The first kappa shape index (κ1) is 16.5. The Hall–Kier alpha value is -0.910. The molecular formula is C16H23BrN2O2. The van der Waals surface area contributed by atoms with Gasteiger partial charge in [0.1, 0.15) is 5.54 Å². The van der Waals surface area contributed by atoms with Crippen LogP contribution in [0.1, 0.15) is 32.8 Å². The fourth-order valence-corrected chi connectivity index (χ4v) is 3.37. The van der Waals surface area contributed by atoms with Crippen LogP contribution in [0.5, 0.6) is 0 Å². The first-order chi connectivity index (χ1) is 9.72. The summed E-state index contributed by atoms with van der Waals surface area (Å²) in [5, 5.41) is 2.93. The number of carbonyl (C=O) groups excluding carboxylic acids is 1. The van der Waals surface area contributed by atoms with Crippen LogP contribution in [0.4, 0.5) is 5.69 Å². The molecule has 1 aromatic rings. The normalized spacial score (nSPS) is 27.0. The van der Waals surface area contributed by atoms with E-state index in [1.54, 1.807) is 0 Å². The van der Waals surface area contributed by atoms with Crippen molar-refractivity contribution in [2.24, 2.45) is 11.1 Å². The fraction of sp³-hybridized carbons (Fsp3) is 0.562. The maximum atomic E-state index is 12.6. The van der Waals surface area contributed by atoms with Gasteiger partial charge in [0, 0.05) is 22.9 Å². The molecule has 1 aliphatic rings. The van der Waals surface area contributed by atoms with Crippen molar-refractivity contribution in [1.82, 2.24) is 0 Å². The minimum Gasteiger partial charge on any atom is -0.378 e. The van der Waals surface area contributed by atoms with Gasteiger partial charge in [-0.05, 0) is 47.5 Å². The van der Waals surface area contributed by atoms with Gasteiger partial charge in [0.25, 0.3) is 0 Å². The van der Waals surface area contributed by atoms with Gasteiger partial charge in [-0.15, -0.1) is 0 Å². The first-order valence-electron chi connectivity index (χ1n) is 7.20. The fourth-order valence-electron chi connectivity index (χ4n) is 2.78. The second kappa shape index (κ2) is 5.71. The van der Waals surface area contributed by atoms with Crippen LogP contribution in [0.15, 0.2) is 22.7 Å². The van der Waals surface area contributed by atoms with Crippen molar-refractivity contribution >= 4 is 27.5 Å². The molecule has 0 radical (unpaired) electrons. The van der Waals surface area contributed by atoms with E-state index >= 15 is 0 Å². The molecule has 0 saturated heterocycles. The van der Waals surface area contributed by atoms with Gasteiger partial charge in [-0.2, -0.15) is 0 Å². The van der Waals surface area contributed by atoms with Crippen molar-refractivity contribution in [1.29, 1.82) is 0 Å². The highest BCUT2D eigenvalue weighted by Crippen LogP contribution is 2.50. The summed E-state index contributed by atoms with van der Waals surface area (Å²) in [4.78, 5) is 12.6. The molecule has 2 unspecified atom stereocenters. The molecule has 21 heavy (non-hydrogen) atoms. The zero-order valence-corrected chi connectivity index (χ0v) is 14.6. The SMILES string of the molecule is CCOC1CC(N)(C(=O)Nc2ccc(C)cc2Br)C1(C)C. The summed E-state index contributed by atoms with van der Waals surface area (Å²) in [7, 11) is 0. The number of carbonyl (C=O) groups is 1. The highest BCUT2D eigenvalue weighted by Gasteiger charge is 2.62. The molecule has 1 aliphatic carbocycles. The van der Waals surface area contributed by atoms with Crippen LogP contribution in [0.2, 0.25) is 0 Å². The topological polar surface area (TPSA) is 64.3 Å². The van der Waals surface area contributed by atoms with E-state index in [1.807, 2.05) is 45.9 Å². The van der Waals surface area contributed by atoms with E-state index in [1.165, 1.54) is 0 Å². The summed E-state index contributed by atoms with van der Waals surface area (Å²) in [6, 6.07) is 5.80. The molecule has 0 spiro atoms. The predicted octanol–water partition coefficient (Wildman–Crippen LogP) is 3.23. The number of aryl methyl sites for hydroxylation is 1. The molecule has 0 bridgehead atoms. The van der Waals surface area contributed by atoms with Crippen LogP contribution in [0, 0.1) is 12.3 Å². The summed E-state index contributed by atoms with van der Waals surface area (Å²) in [6.07, 6.45) is 0.572. The average molecular weight is 355 g/mol. The van der Waals surface area contributed by atoms with Gasteiger partial charge >= 0.3 is 0 Å². The van der Waals surface area contributed by atoms with Crippen LogP contribution in [-0.4, -0.2) is 24.2 Å².